The minimum Gasteiger partial charge on any atom is -0.387 e. The number of aliphatic hydroxyl groups excluding tert-OH is 1. The Hall–Kier alpha value is -2.58. The van der Waals surface area contributed by atoms with Gasteiger partial charge in [-0.15, -0.1) is 0 Å². The van der Waals surface area contributed by atoms with Crippen LogP contribution in [0.4, 0.5) is 0 Å². The number of phosphoric ester groups is 1. The van der Waals surface area contributed by atoms with Gasteiger partial charge >= 0.3 is 7.82 Å². The van der Waals surface area contributed by atoms with Gasteiger partial charge in [-0.2, -0.15) is 0 Å². The fourth-order valence-corrected chi connectivity index (χ4v) is 12.1. The van der Waals surface area contributed by atoms with Gasteiger partial charge in [-0.25, -0.2) is 4.57 Å². The fourth-order valence-electron chi connectivity index (χ4n) is 11.3. The van der Waals surface area contributed by atoms with Crippen LogP contribution in [-0.4, -0.2) is 73.4 Å². The van der Waals surface area contributed by atoms with E-state index >= 15 is 0 Å². The van der Waals surface area contributed by atoms with E-state index in [9.17, 15) is 19.4 Å². The van der Waals surface area contributed by atoms with Crippen molar-refractivity contribution >= 4 is 13.7 Å². The first-order chi connectivity index (χ1) is 44.0. The van der Waals surface area contributed by atoms with Crippen molar-refractivity contribution in [2.75, 3.05) is 40.9 Å². The van der Waals surface area contributed by atoms with Crippen LogP contribution in [0.1, 0.15) is 361 Å². The summed E-state index contributed by atoms with van der Waals surface area (Å²) in [5.41, 5.74) is 0. The number of allylic oxidation sites excluding steroid dienone is 15. The Labute approximate surface area is 559 Å². The van der Waals surface area contributed by atoms with Crippen LogP contribution in [-0.2, 0) is 18.4 Å². The predicted octanol–water partition coefficient (Wildman–Crippen LogP) is 25.2. The third kappa shape index (κ3) is 72.8. The Morgan fingerprint density at radius 3 is 1.02 bits per heavy atom. The smallest absolute Gasteiger partial charge is 0.387 e. The van der Waals surface area contributed by atoms with Gasteiger partial charge in [0.05, 0.1) is 39.9 Å². The summed E-state index contributed by atoms with van der Waals surface area (Å²) in [5, 5.41) is 14.0. The van der Waals surface area contributed by atoms with Crippen LogP contribution in [0.25, 0.3) is 0 Å². The molecular formula is C81H150N2O6P+. The molecule has 0 spiro atoms. The highest BCUT2D eigenvalue weighted by atomic mass is 31.2. The highest BCUT2D eigenvalue weighted by Gasteiger charge is 2.28. The van der Waals surface area contributed by atoms with Gasteiger partial charge in [-0.1, -0.05) is 361 Å². The number of carbonyl (C=O) groups is 1. The molecule has 0 fully saturated rings. The van der Waals surface area contributed by atoms with Crippen molar-refractivity contribution in [3.05, 3.63) is 97.2 Å². The molecule has 0 rings (SSSR count). The number of aliphatic hydroxyl groups is 1. The van der Waals surface area contributed by atoms with Gasteiger partial charge in [0.1, 0.15) is 13.2 Å². The van der Waals surface area contributed by atoms with E-state index in [1.54, 1.807) is 6.08 Å². The van der Waals surface area contributed by atoms with Crippen LogP contribution >= 0.6 is 7.82 Å². The third-order valence-electron chi connectivity index (χ3n) is 17.3. The third-order valence-corrected chi connectivity index (χ3v) is 18.2. The molecule has 0 aromatic heterocycles. The second kappa shape index (κ2) is 70.7. The van der Waals surface area contributed by atoms with Gasteiger partial charge in [0.15, 0.2) is 0 Å². The number of rotatable bonds is 71. The summed E-state index contributed by atoms with van der Waals surface area (Å²) >= 11 is 0. The van der Waals surface area contributed by atoms with Crippen LogP contribution in [0.15, 0.2) is 97.2 Å². The zero-order chi connectivity index (χ0) is 65.5. The lowest BCUT2D eigenvalue weighted by Crippen LogP contribution is -2.45. The molecule has 1 amide bonds. The number of nitrogens with one attached hydrogen (secondary N) is 1. The lowest BCUT2D eigenvalue weighted by atomic mass is 10.0. The minimum atomic E-state index is -4.37. The van der Waals surface area contributed by atoms with E-state index in [0.717, 1.165) is 77.0 Å². The van der Waals surface area contributed by atoms with E-state index in [-0.39, 0.29) is 19.1 Å². The van der Waals surface area contributed by atoms with E-state index in [2.05, 4.69) is 104 Å². The van der Waals surface area contributed by atoms with Crippen molar-refractivity contribution in [3.63, 3.8) is 0 Å². The zero-order valence-corrected chi connectivity index (χ0v) is 61.0. The molecule has 0 aromatic carbocycles. The van der Waals surface area contributed by atoms with E-state index < -0.39 is 20.0 Å². The molecule has 0 aliphatic heterocycles. The maximum Gasteiger partial charge on any atom is 0.472 e. The van der Waals surface area contributed by atoms with Crippen molar-refractivity contribution < 1.29 is 32.9 Å². The average Bonchev–Trinajstić information content (AvgIpc) is 3.18. The van der Waals surface area contributed by atoms with Gasteiger partial charge in [0.2, 0.25) is 5.91 Å². The summed E-state index contributed by atoms with van der Waals surface area (Å²) in [7, 11) is 1.55. The van der Waals surface area contributed by atoms with E-state index in [4.69, 9.17) is 9.05 Å². The predicted molar refractivity (Wildman–Crippen MR) is 396 cm³/mol. The molecule has 3 atom stereocenters. The monoisotopic (exact) mass is 1280 g/mol. The number of nitrogens with zero attached hydrogens (tertiary/aromatic N) is 1. The van der Waals surface area contributed by atoms with Gasteiger partial charge in [0.25, 0.3) is 0 Å². The number of likely N-dealkylation sites (N-methyl/N-ethyl adjacent to an activating group) is 1. The Balaban J connectivity index is 4.04. The fraction of sp³-hybridized carbons (Fsp3) is 0.790. The van der Waals surface area contributed by atoms with Crippen molar-refractivity contribution in [1.82, 2.24) is 5.32 Å². The molecule has 0 aliphatic carbocycles. The number of unbranched alkanes of at least 4 members (excludes halogenated alkanes) is 44. The molecule has 3 unspecified atom stereocenters. The number of quaternary nitrogens is 1. The summed E-state index contributed by atoms with van der Waals surface area (Å²) in [4.78, 5) is 23.5. The largest absolute Gasteiger partial charge is 0.472 e. The molecule has 0 saturated carbocycles. The maximum atomic E-state index is 13.1. The molecule has 9 heteroatoms. The summed E-state index contributed by atoms with van der Waals surface area (Å²) in [5.74, 6) is -0.187. The molecule has 0 bridgehead atoms. The van der Waals surface area contributed by atoms with Gasteiger partial charge in [0, 0.05) is 6.42 Å². The first-order valence-electron chi connectivity index (χ1n) is 38.6. The average molecular weight is 1280 g/mol. The van der Waals surface area contributed by atoms with Crippen LogP contribution in [0.2, 0.25) is 0 Å². The molecule has 3 N–H and O–H groups in total. The Bertz CT molecular complexity index is 1790. The van der Waals surface area contributed by atoms with Crippen molar-refractivity contribution in [2.45, 2.75) is 373 Å². The number of hydrogen-bond donors (Lipinski definition) is 3. The molecular weight excluding hydrogens is 1130 g/mol. The normalized spacial score (nSPS) is 14.1. The van der Waals surface area contributed by atoms with Crippen molar-refractivity contribution in [2.24, 2.45) is 0 Å². The molecule has 0 aliphatic rings. The van der Waals surface area contributed by atoms with Gasteiger partial charge in [-0.05, 0) is 89.9 Å². The zero-order valence-electron chi connectivity index (χ0n) is 60.1. The summed E-state index contributed by atoms with van der Waals surface area (Å²) < 4.78 is 23.8. The molecule has 0 saturated heterocycles. The first-order valence-corrected chi connectivity index (χ1v) is 40.1. The van der Waals surface area contributed by atoms with Gasteiger partial charge < -0.3 is 19.8 Å². The minimum absolute atomic E-state index is 0.0521. The topological polar surface area (TPSA) is 105 Å². The molecule has 0 radical (unpaired) electrons. The molecule has 524 valence electrons. The summed E-state index contributed by atoms with van der Waals surface area (Å²) in [6.45, 7) is 4.71. The highest BCUT2D eigenvalue weighted by molar-refractivity contribution is 7.47. The molecule has 90 heavy (non-hydrogen) atoms. The molecule has 0 aromatic rings. The highest BCUT2D eigenvalue weighted by Crippen LogP contribution is 2.43. The van der Waals surface area contributed by atoms with Crippen LogP contribution < -0.4 is 5.32 Å². The second-order valence-electron chi connectivity index (χ2n) is 27.3. The first kappa shape index (κ1) is 87.4. The van der Waals surface area contributed by atoms with Crippen LogP contribution in [0.5, 0.6) is 0 Å². The SMILES string of the molecule is CC/C=C\C/C=C\C/C=C\C/C=C\C/C=C\CCCCCCCCCCCCCCCCCCCCCCCC(=O)NC(COP(=O)(O)OCC[N+](C)(C)C)C(O)/C=C/CC/C=C/CC/C=C/CCCCCCCCCCCCCCCCCCCCCCC. The van der Waals surface area contributed by atoms with E-state index in [1.807, 2.05) is 27.2 Å². The standard InChI is InChI=1S/C81H149N2O6P/c1-6-8-10-12-14-16-18-20-22-24-26-28-30-32-34-36-38-39-40-41-42-43-45-47-49-51-53-55-57-59-61-63-65-67-69-71-73-75-81(85)82-79(78-89-90(86,87)88-77-76-83(3,4)5)80(84)74-72-70-68-66-64-62-60-58-56-54-52-50-48-46-44-37-35-33-31-29-27-25-23-21-19-17-15-13-11-9-7-2/h8,10,14,16,20,22,26,28,32,34,56,58,64,66,72,74,79-80,84H,6-7,9,11-13,15,17-19,21,23-25,27,29-31,33,35-55,57,59-63,65,67-71,73,75-78H2,1-5H3,(H-,82,85,86,87)/p+1/b10-8-,16-14-,22-20-,28-26-,34-32-,58-56+,66-64+,74-72+. The maximum absolute atomic E-state index is 13.1. The number of hydrogen-bond acceptors (Lipinski definition) is 5. The summed E-state index contributed by atoms with van der Waals surface area (Å²) in [6, 6.07) is -0.875. The lowest BCUT2D eigenvalue weighted by molar-refractivity contribution is -0.870. The molecule has 0 heterocycles. The van der Waals surface area contributed by atoms with Crippen molar-refractivity contribution in [1.29, 1.82) is 0 Å². The van der Waals surface area contributed by atoms with Gasteiger partial charge in [-0.3, -0.25) is 13.8 Å². The summed E-state index contributed by atoms with van der Waals surface area (Å²) in [6.07, 6.45) is 103. The van der Waals surface area contributed by atoms with E-state index in [1.165, 1.54) is 263 Å². The van der Waals surface area contributed by atoms with Crippen LogP contribution in [0, 0.1) is 0 Å². The Morgan fingerprint density at radius 1 is 0.389 bits per heavy atom. The second-order valence-corrected chi connectivity index (χ2v) is 28.8. The lowest BCUT2D eigenvalue weighted by Gasteiger charge is -2.25. The van der Waals surface area contributed by atoms with Crippen LogP contribution in [0.3, 0.4) is 0 Å². The van der Waals surface area contributed by atoms with Crippen molar-refractivity contribution in [3.8, 4) is 0 Å². The Morgan fingerprint density at radius 2 is 0.678 bits per heavy atom. The number of amides is 1. The number of phosphoric acid groups is 1. The Kier molecular flexibility index (Phi) is 68.7. The van der Waals surface area contributed by atoms with E-state index in [0.29, 0.717) is 17.4 Å². The number of carbonyl (C=O) groups excluding carboxylic acids is 1. The quantitative estimate of drug-likeness (QED) is 0.0243. The molecule has 8 nitrogen and oxygen atoms in total.